The van der Waals surface area contributed by atoms with Gasteiger partial charge in [-0.05, 0) is 60.7 Å². The summed E-state index contributed by atoms with van der Waals surface area (Å²) in [5.41, 5.74) is 1.29. The van der Waals surface area contributed by atoms with Crippen LogP contribution in [-0.2, 0) is 6.61 Å². The van der Waals surface area contributed by atoms with Crippen molar-refractivity contribution in [3.8, 4) is 22.8 Å². The number of carbonyl (C=O) groups is 1. The van der Waals surface area contributed by atoms with Gasteiger partial charge in [0.2, 0.25) is 0 Å². The van der Waals surface area contributed by atoms with E-state index in [0.29, 0.717) is 32.9 Å². The van der Waals surface area contributed by atoms with E-state index < -0.39 is 12.5 Å². The van der Waals surface area contributed by atoms with Gasteiger partial charge in [0.25, 0.3) is 5.91 Å². The summed E-state index contributed by atoms with van der Waals surface area (Å²) < 4.78 is 40.0. The molecule has 0 radical (unpaired) electrons. The van der Waals surface area contributed by atoms with E-state index in [1.54, 1.807) is 53.9 Å². The number of hydrogen-bond acceptors (Lipinski definition) is 6. The van der Waals surface area contributed by atoms with Gasteiger partial charge < -0.3 is 13.9 Å². The minimum Gasteiger partial charge on any atom is -0.486 e. The Morgan fingerprint density at radius 2 is 1.78 bits per heavy atom. The van der Waals surface area contributed by atoms with Gasteiger partial charge in [-0.25, -0.2) is 4.98 Å². The molecule has 0 spiro atoms. The molecule has 0 saturated carbocycles. The fourth-order valence-electron chi connectivity index (χ4n) is 2.69. The van der Waals surface area contributed by atoms with Gasteiger partial charge in [-0.3, -0.25) is 10.1 Å². The molecule has 2 aromatic heterocycles. The number of ether oxygens (including phenoxy) is 2. The summed E-state index contributed by atoms with van der Waals surface area (Å²) in [4.78, 5) is 16.8. The van der Waals surface area contributed by atoms with Crippen molar-refractivity contribution in [1.82, 2.24) is 4.98 Å². The minimum absolute atomic E-state index is 0.0566. The molecule has 0 fully saturated rings. The predicted octanol–water partition coefficient (Wildman–Crippen LogP) is 6.49. The predicted molar refractivity (Wildman–Crippen MR) is 117 cm³/mol. The summed E-state index contributed by atoms with van der Waals surface area (Å²) in [6, 6.07) is 16.2. The number of nitrogens with zero attached hydrogens (tertiary/aromatic N) is 1. The molecule has 0 unspecified atom stereocenters. The highest BCUT2D eigenvalue weighted by atomic mass is 35.5. The van der Waals surface area contributed by atoms with Crippen molar-refractivity contribution in [1.29, 1.82) is 0 Å². The van der Waals surface area contributed by atoms with Crippen LogP contribution in [0.15, 0.2) is 70.5 Å². The average Bonchev–Trinajstić information content (AvgIpc) is 3.43. The number of amides is 1. The number of rotatable bonds is 8. The zero-order valence-corrected chi connectivity index (χ0v) is 17.8. The maximum Gasteiger partial charge on any atom is 0.387 e. The second-order valence-corrected chi connectivity index (χ2v) is 7.70. The maximum atomic E-state index is 12.5. The number of alkyl halides is 2. The molecule has 0 aliphatic carbocycles. The Balaban J connectivity index is 1.34. The van der Waals surface area contributed by atoms with Crippen LogP contribution >= 0.6 is 22.9 Å². The highest BCUT2D eigenvalue weighted by molar-refractivity contribution is 7.14. The maximum absolute atomic E-state index is 12.5. The van der Waals surface area contributed by atoms with E-state index in [2.05, 4.69) is 15.0 Å². The van der Waals surface area contributed by atoms with Crippen molar-refractivity contribution < 1.29 is 27.5 Å². The first-order valence-corrected chi connectivity index (χ1v) is 10.5. The van der Waals surface area contributed by atoms with E-state index in [-0.39, 0.29) is 18.1 Å². The summed E-state index contributed by atoms with van der Waals surface area (Å²) in [5, 5.41) is 5.39. The Bertz CT molecular complexity index is 1190. The fourth-order valence-corrected chi connectivity index (χ4v) is 3.53. The van der Waals surface area contributed by atoms with Crippen LogP contribution in [-0.4, -0.2) is 17.5 Å². The Morgan fingerprint density at radius 1 is 1.06 bits per heavy atom. The Morgan fingerprint density at radius 3 is 2.50 bits per heavy atom. The van der Waals surface area contributed by atoms with Gasteiger partial charge in [-0.15, -0.1) is 11.3 Å². The molecule has 0 atom stereocenters. The van der Waals surface area contributed by atoms with Crippen molar-refractivity contribution in [3.63, 3.8) is 0 Å². The van der Waals surface area contributed by atoms with Crippen molar-refractivity contribution in [2.45, 2.75) is 13.2 Å². The first-order valence-electron chi connectivity index (χ1n) is 9.25. The zero-order chi connectivity index (χ0) is 22.5. The Hall–Kier alpha value is -3.43. The Kier molecular flexibility index (Phi) is 6.67. The molecule has 1 amide bonds. The monoisotopic (exact) mass is 476 g/mol. The molecule has 164 valence electrons. The van der Waals surface area contributed by atoms with Gasteiger partial charge in [0.05, 0.1) is 5.69 Å². The lowest BCUT2D eigenvalue weighted by Gasteiger charge is -2.04. The van der Waals surface area contributed by atoms with Crippen LogP contribution in [0.25, 0.3) is 11.3 Å². The molecular weight excluding hydrogens is 462 g/mol. The topological polar surface area (TPSA) is 73.6 Å². The molecule has 32 heavy (non-hydrogen) atoms. The average molecular weight is 477 g/mol. The third kappa shape index (κ3) is 5.63. The molecule has 0 aliphatic heterocycles. The molecule has 4 rings (SSSR count). The van der Waals surface area contributed by atoms with Crippen molar-refractivity contribution in [2.75, 3.05) is 5.32 Å². The lowest BCUT2D eigenvalue weighted by atomic mass is 10.2. The van der Waals surface area contributed by atoms with Crippen molar-refractivity contribution in [2.24, 2.45) is 0 Å². The van der Waals surface area contributed by atoms with E-state index >= 15 is 0 Å². The van der Waals surface area contributed by atoms with Crippen molar-refractivity contribution >= 4 is 34.0 Å². The third-order valence-corrected chi connectivity index (χ3v) is 5.19. The Labute approximate surface area is 190 Å². The molecule has 6 nitrogen and oxygen atoms in total. The van der Waals surface area contributed by atoms with Crippen LogP contribution in [0.2, 0.25) is 5.02 Å². The van der Waals surface area contributed by atoms with Crippen LogP contribution in [0.5, 0.6) is 11.5 Å². The number of nitrogens with one attached hydrogen (secondary N) is 1. The summed E-state index contributed by atoms with van der Waals surface area (Å²) in [5.74, 6) is 0.826. The van der Waals surface area contributed by atoms with Crippen LogP contribution in [0.1, 0.15) is 16.3 Å². The normalized spacial score (nSPS) is 10.9. The second kappa shape index (κ2) is 9.80. The van der Waals surface area contributed by atoms with E-state index in [9.17, 15) is 13.6 Å². The number of carbonyl (C=O) groups excluding carboxylic acids is 1. The highest BCUT2D eigenvalue weighted by Crippen LogP contribution is 2.27. The molecule has 2 heterocycles. The summed E-state index contributed by atoms with van der Waals surface area (Å²) in [6.45, 7) is -2.73. The quantitative estimate of drug-likeness (QED) is 0.314. The number of anilines is 1. The fraction of sp³-hybridized carbons (Fsp3) is 0.0909. The van der Waals surface area contributed by atoms with Gasteiger partial charge in [-0.2, -0.15) is 8.78 Å². The largest absolute Gasteiger partial charge is 0.486 e. The number of hydrogen-bond donors (Lipinski definition) is 1. The van der Waals surface area contributed by atoms with Gasteiger partial charge in [0, 0.05) is 16.0 Å². The lowest BCUT2D eigenvalue weighted by Crippen LogP contribution is -2.10. The van der Waals surface area contributed by atoms with Crippen LogP contribution in [0, 0.1) is 0 Å². The number of furan rings is 1. The summed E-state index contributed by atoms with van der Waals surface area (Å²) in [6.07, 6.45) is 0. The number of thiazole rings is 1. The number of benzene rings is 2. The number of aromatic nitrogens is 1. The second-order valence-electron chi connectivity index (χ2n) is 6.40. The van der Waals surface area contributed by atoms with E-state index in [1.807, 2.05) is 0 Å². The molecular formula is C22H15ClF2N2O4S. The van der Waals surface area contributed by atoms with Crippen molar-refractivity contribution in [3.05, 3.63) is 82.6 Å². The third-order valence-electron chi connectivity index (χ3n) is 4.18. The lowest BCUT2D eigenvalue weighted by molar-refractivity contribution is -0.0498. The van der Waals surface area contributed by atoms with Gasteiger partial charge in [0.1, 0.15) is 23.9 Å². The first kappa shape index (κ1) is 21.8. The first-order chi connectivity index (χ1) is 15.5. The van der Waals surface area contributed by atoms with Crippen LogP contribution in [0.3, 0.4) is 0 Å². The molecule has 0 bridgehead atoms. The molecule has 0 saturated heterocycles. The summed E-state index contributed by atoms with van der Waals surface area (Å²) in [7, 11) is 0. The molecule has 10 heteroatoms. The van der Waals surface area contributed by atoms with Gasteiger partial charge >= 0.3 is 6.61 Å². The van der Waals surface area contributed by atoms with Crippen LogP contribution < -0.4 is 14.8 Å². The van der Waals surface area contributed by atoms with E-state index in [1.165, 1.54) is 23.5 Å². The smallest absolute Gasteiger partial charge is 0.387 e. The zero-order valence-electron chi connectivity index (χ0n) is 16.3. The minimum atomic E-state index is -2.88. The molecule has 0 aliphatic rings. The summed E-state index contributed by atoms with van der Waals surface area (Å²) >= 11 is 7.07. The molecule has 1 N–H and O–H groups in total. The molecule has 4 aromatic rings. The SMILES string of the molecule is O=C(Nc1nc(-c2ccc(OC(F)F)cc2)cs1)c1ccc(COc2ccc(Cl)cc2)o1. The van der Waals surface area contributed by atoms with E-state index in [4.69, 9.17) is 20.8 Å². The van der Waals surface area contributed by atoms with E-state index in [0.717, 1.165) is 0 Å². The standard InChI is InChI=1S/C22H15ClF2N2O4S/c23-14-3-7-15(8-4-14)29-11-17-9-10-19(30-17)20(28)27-22-26-18(12-32-22)13-1-5-16(6-2-13)31-21(24)25/h1-10,12,21H,11H2,(H,26,27,28). The van der Waals surface area contributed by atoms with Gasteiger partial charge in [0.15, 0.2) is 10.9 Å². The highest BCUT2D eigenvalue weighted by Gasteiger charge is 2.14. The molecule has 2 aromatic carbocycles. The van der Waals surface area contributed by atoms with Gasteiger partial charge in [-0.1, -0.05) is 11.6 Å². The number of halogens is 3. The van der Waals surface area contributed by atoms with Crippen LogP contribution in [0.4, 0.5) is 13.9 Å².